The van der Waals surface area contributed by atoms with Gasteiger partial charge in [0.05, 0.1) is 0 Å². The molecule has 0 aliphatic carbocycles. The maximum absolute atomic E-state index is 12.0. The van der Waals surface area contributed by atoms with E-state index in [0.717, 1.165) is 5.56 Å². The van der Waals surface area contributed by atoms with Crippen molar-refractivity contribution in [2.75, 3.05) is 6.61 Å². The molecule has 1 unspecified atom stereocenters. The molecule has 17 heavy (non-hydrogen) atoms. The van der Waals surface area contributed by atoms with Crippen LogP contribution in [0.1, 0.15) is 36.1 Å². The molecular weight excluding hydrogens is 212 g/mol. The Bertz CT molecular complexity index is 384. The summed E-state index contributed by atoms with van der Waals surface area (Å²) in [6.45, 7) is 10.5. The number of hydrogen-bond acceptors (Lipinski definition) is 2. The monoisotopic (exact) mass is 234 g/mol. The molecule has 1 aromatic carbocycles. The lowest BCUT2D eigenvalue weighted by atomic mass is 9.95. The molecule has 0 aliphatic heterocycles. The van der Waals surface area contributed by atoms with Crippen molar-refractivity contribution in [3.63, 3.8) is 0 Å². The molecule has 0 bridgehead atoms. The molecule has 1 aromatic rings. The minimum atomic E-state index is -0.305. The van der Waals surface area contributed by atoms with Gasteiger partial charge in [-0.15, -0.1) is 0 Å². The third-order valence-electron chi connectivity index (χ3n) is 3.06. The van der Waals surface area contributed by atoms with E-state index in [9.17, 15) is 4.79 Å². The van der Waals surface area contributed by atoms with Gasteiger partial charge in [-0.05, 0) is 51.3 Å². The summed E-state index contributed by atoms with van der Waals surface area (Å²) in [6, 6.07) is 4.25. The summed E-state index contributed by atoms with van der Waals surface area (Å²) in [5, 5.41) is 0. The van der Waals surface area contributed by atoms with Gasteiger partial charge in [0, 0.05) is 13.0 Å². The Hall–Kier alpha value is -1.15. The number of carbonyl (C=O) groups excluding carboxylic acids is 1. The van der Waals surface area contributed by atoms with Crippen molar-refractivity contribution in [1.82, 2.24) is 0 Å². The quantitative estimate of drug-likeness (QED) is 0.782. The van der Waals surface area contributed by atoms with Gasteiger partial charge in [0.15, 0.2) is 5.78 Å². The molecule has 0 saturated carbocycles. The molecular formula is C15H22O2. The second-order valence-electron chi connectivity index (χ2n) is 4.62. The van der Waals surface area contributed by atoms with E-state index in [4.69, 9.17) is 4.74 Å². The summed E-state index contributed by atoms with van der Waals surface area (Å²) in [4.78, 5) is 12.0. The van der Waals surface area contributed by atoms with Crippen LogP contribution in [-0.2, 0) is 16.0 Å². The number of carbonyl (C=O) groups is 1. The fraction of sp³-hybridized carbons (Fsp3) is 0.533. The van der Waals surface area contributed by atoms with E-state index in [-0.39, 0.29) is 11.9 Å². The maximum Gasteiger partial charge on any atom is 0.165 e. The summed E-state index contributed by atoms with van der Waals surface area (Å²) in [6.07, 6.45) is 0.166. The van der Waals surface area contributed by atoms with Crippen LogP contribution < -0.4 is 0 Å². The smallest absolute Gasteiger partial charge is 0.165 e. The summed E-state index contributed by atoms with van der Waals surface area (Å²) >= 11 is 0. The van der Waals surface area contributed by atoms with E-state index in [1.54, 1.807) is 0 Å². The van der Waals surface area contributed by atoms with Crippen LogP contribution in [0.5, 0.6) is 0 Å². The standard InChI is InChI=1S/C15H22O2/c1-6-17-13(5)15(16)9-14-11(3)7-10(2)8-12(14)4/h7-8,13H,6,9H2,1-5H3. The Kier molecular flexibility index (Phi) is 4.88. The minimum absolute atomic E-state index is 0.155. The molecule has 0 aromatic heterocycles. The number of benzene rings is 1. The van der Waals surface area contributed by atoms with Crippen LogP contribution in [0.3, 0.4) is 0 Å². The van der Waals surface area contributed by atoms with Crippen LogP contribution in [0.15, 0.2) is 12.1 Å². The Morgan fingerprint density at radius 3 is 2.24 bits per heavy atom. The normalized spacial score (nSPS) is 12.5. The molecule has 0 fully saturated rings. The predicted octanol–water partition coefficient (Wildman–Crippen LogP) is 3.15. The first-order chi connectivity index (χ1) is 7.95. The molecule has 0 radical (unpaired) electrons. The SMILES string of the molecule is CCOC(C)C(=O)Cc1c(C)cc(C)cc1C. The summed E-state index contributed by atoms with van der Waals surface area (Å²) in [7, 11) is 0. The molecule has 2 nitrogen and oxygen atoms in total. The second-order valence-corrected chi connectivity index (χ2v) is 4.62. The molecule has 0 amide bonds. The Morgan fingerprint density at radius 2 is 1.76 bits per heavy atom. The third kappa shape index (κ3) is 3.67. The van der Waals surface area contributed by atoms with E-state index in [0.29, 0.717) is 13.0 Å². The molecule has 94 valence electrons. The Balaban J connectivity index is 2.85. The Morgan fingerprint density at radius 1 is 1.24 bits per heavy atom. The van der Waals surface area contributed by atoms with Gasteiger partial charge in [-0.2, -0.15) is 0 Å². The van der Waals surface area contributed by atoms with Gasteiger partial charge in [0.1, 0.15) is 6.10 Å². The molecule has 0 saturated heterocycles. The van der Waals surface area contributed by atoms with Gasteiger partial charge in [-0.3, -0.25) is 4.79 Å². The molecule has 0 aliphatic rings. The molecule has 0 N–H and O–H groups in total. The van der Waals surface area contributed by atoms with Gasteiger partial charge < -0.3 is 4.74 Å². The van der Waals surface area contributed by atoms with E-state index >= 15 is 0 Å². The fourth-order valence-electron chi connectivity index (χ4n) is 2.15. The van der Waals surface area contributed by atoms with Gasteiger partial charge >= 0.3 is 0 Å². The topological polar surface area (TPSA) is 26.3 Å². The Labute approximate surface area is 104 Å². The van der Waals surface area contributed by atoms with Crippen LogP contribution in [0, 0.1) is 20.8 Å². The van der Waals surface area contributed by atoms with Crippen LogP contribution in [0.4, 0.5) is 0 Å². The van der Waals surface area contributed by atoms with E-state index in [2.05, 4.69) is 32.9 Å². The van der Waals surface area contributed by atoms with Gasteiger partial charge in [0.2, 0.25) is 0 Å². The highest BCUT2D eigenvalue weighted by atomic mass is 16.5. The first-order valence-electron chi connectivity index (χ1n) is 6.16. The predicted molar refractivity (Wildman–Crippen MR) is 70.5 cm³/mol. The van der Waals surface area contributed by atoms with Gasteiger partial charge in [-0.25, -0.2) is 0 Å². The average Bonchev–Trinajstić information content (AvgIpc) is 2.23. The molecule has 0 spiro atoms. The lowest BCUT2D eigenvalue weighted by Gasteiger charge is -2.14. The molecule has 1 rings (SSSR count). The van der Waals surface area contributed by atoms with E-state index < -0.39 is 0 Å². The number of Topliss-reactive ketones (excluding diaryl/α,β-unsaturated/α-hetero) is 1. The van der Waals surface area contributed by atoms with Crippen LogP contribution in [0.2, 0.25) is 0 Å². The second kappa shape index (κ2) is 5.97. The lowest BCUT2D eigenvalue weighted by molar-refractivity contribution is -0.128. The van der Waals surface area contributed by atoms with Crippen molar-refractivity contribution >= 4 is 5.78 Å². The summed E-state index contributed by atoms with van der Waals surface area (Å²) in [5.74, 6) is 0.155. The highest BCUT2D eigenvalue weighted by Crippen LogP contribution is 2.18. The maximum atomic E-state index is 12.0. The van der Waals surface area contributed by atoms with Crippen molar-refractivity contribution in [3.8, 4) is 0 Å². The average molecular weight is 234 g/mol. The van der Waals surface area contributed by atoms with Crippen molar-refractivity contribution in [3.05, 3.63) is 34.4 Å². The van der Waals surface area contributed by atoms with Gasteiger partial charge in [-0.1, -0.05) is 17.7 Å². The zero-order valence-electron chi connectivity index (χ0n) is 11.5. The van der Waals surface area contributed by atoms with Crippen molar-refractivity contribution in [1.29, 1.82) is 0 Å². The van der Waals surface area contributed by atoms with Crippen LogP contribution in [-0.4, -0.2) is 18.5 Å². The molecule has 0 heterocycles. The van der Waals surface area contributed by atoms with Crippen molar-refractivity contribution in [2.45, 2.75) is 47.1 Å². The fourth-order valence-corrected chi connectivity index (χ4v) is 2.15. The molecule has 1 atom stereocenters. The van der Waals surface area contributed by atoms with Crippen LogP contribution >= 0.6 is 0 Å². The highest BCUT2D eigenvalue weighted by Gasteiger charge is 2.15. The largest absolute Gasteiger partial charge is 0.371 e. The summed E-state index contributed by atoms with van der Waals surface area (Å²) < 4.78 is 5.33. The lowest BCUT2D eigenvalue weighted by Crippen LogP contribution is -2.23. The minimum Gasteiger partial charge on any atom is -0.371 e. The van der Waals surface area contributed by atoms with Gasteiger partial charge in [0.25, 0.3) is 0 Å². The first-order valence-corrected chi connectivity index (χ1v) is 6.16. The van der Waals surface area contributed by atoms with Crippen LogP contribution in [0.25, 0.3) is 0 Å². The number of ether oxygens (including phenoxy) is 1. The first kappa shape index (κ1) is 13.9. The van der Waals surface area contributed by atoms with E-state index in [1.165, 1.54) is 16.7 Å². The van der Waals surface area contributed by atoms with Crippen molar-refractivity contribution < 1.29 is 9.53 Å². The zero-order chi connectivity index (χ0) is 13.0. The number of hydrogen-bond donors (Lipinski definition) is 0. The summed E-state index contributed by atoms with van der Waals surface area (Å²) in [5.41, 5.74) is 4.78. The zero-order valence-corrected chi connectivity index (χ0v) is 11.5. The number of ketones is 1. The van der Waals surface area contributed by atoms with E-state index in [1.807, 2.05) is 13.8 Å². The molecule has 2 heteroatoms. The highest BCUT2D eigenvalue weighted by molar-refractivity contribution is 5.85. The van der Waals surface area contributed by atoms with Crippen molar-refractivity contribution in [2.24, 2.45) is 0 Å². The third-order valence-corrected chi connectivity index (χ3v) is 3.06. The number of aryl methyl sites for hydroxylation is 3. The number of rotatable bonds is 5.